The number of hydrogen-bond donors (Lipinski definition) is 1. The van der Waals surface area contributed by atoms with Crippen LogP contribution < -0.4 is 5.32 Å². The van der Waals surface area contributed by atoms with Crippen molar-refractivity contribution in [2.45, 2.75) is 25.4 Å². The van der Waals surface area contributed by atoms with Crippen LogP contribution in [0.25, 0.3) is 5.69 Å². The average Bonchev–Trinajstić information content (AvgIpc) is 3.55. The largest absolute Gasteiger partial charge is 0.435 e. The van der Waals surface area contributed by atoms with Gasteiger partial charge < -0.3 is 10.2 Å². The van der Waals surface area contributed by atoms with Gasteiger partial charge >= 0.3 is 6.18 Å². The molecular weight excluding hydrogens is 473 g/mol. The number of aromatic nitrogens is 2. The van der Waals surface area contributed by atoms with Gasteiger partial charge in [0.1, 0.15) is 0 Å². The number of nitrogens with one attached hydrogen (secondary N) is 1. The normalized spacial score (nSPS) is 15.6. The smallest absolute Gasteiger partial charge is 0.352 e. The lowest BCUT2D eigenvalue weighted by Gasteiger charge is -2.16. The molecule has 4 rings (SSSR count). The van der Waals surface area contributed by atoms with Crippen molar-refractivity contribution in [2.75, 3.05) is 19.6 Å². The zero-order chi connectivity index (χ0) is 25.7. The van der Waals surface area contributed by atoms with E-state index in [4.69, 9.17) is 0 Å². The van der Waals surface area contributed by atoms with E-state index >= 15 is 0 Å². The van der Waals surface area contributed by atoms with Crippen LogP contribution in [0.2, 0.25) is 0 Å². The lowest BCUT2D eigenvalue weighted by Crippen LogP contribution is -2.31. The van der Waals surface area contributed by atoms with Crippen molar-refractivity contribution >= 4 is 17.6 Å². The van der Waals surface area contributed by atoms with Gasteiger partial charge in [0.15, 0.2) is 11.5 Å². The molecule has 188 valence electrons. The summed E-state index contributed by atoms with van der Waals surface area (Å²) in [6.45, 7) is 0.840. The Balaban J connectivity index is 1.29. The number of amides is 2. The second-order valence-electron chi connectivity index (χ2n) is 8.58. The number of rotatable bonds is 8. The van der Waals surface area contributed by atoms with Crippen LogP contribution >= 0.6 is 0 Å². The van der Waals surface area contributed by atoms with Crippen molar-refractivity contribution in [3.63, 3.8) is 0 Å². The fourth-order valence-corrected chi connectivity index (χ4v) is 4.20. The van der Waals surface area contributed by atoms with Crippen molar-refractivity contribution < 1.29 is 27.6 Å². The van der Waals surface area contributed by atoms with Gasteiger partial charge in [-0.15, -0.1) is 0 Å². The number of benzene rings is 2. The molecule has 1 atom stereocenters. The molecule has 0 spiro atoms. The zero-order valence-corrected chi connectivity index (χ0v) is 19.4. The van der Waals surface area contributed by atoms with Gasteiger partial charge in [-0.1, -0.05) is 48.5 Å². The molecule has 7 nitrogen and oxygen atoms in total. The molecule has 10 heteroatoms. The average molecular weight is 499 g/mol. The molecule has 1 aliphatic rings. The number of carbonyl (C=O) groups is 3. The summed E-state index contributed by atoms with van der Waals surface area (Å²) in [5.74, 6) is -1.31. The maximum Gasteiger partial charge on any atom is 0.435 e. The number of carbonyl (C=O) groups excluding carboxylic acids is 3. The summed E-state index contributed by atoms with van der Waals surface area (Å²) in [6, 6.07) is 17.1. The highest BCUT2D eigenvalue weighted by atomic mass is 19.4. The van der Waals surface area contributed by atoms with E-state index in [-0.39, 0.29) is 37.0 Å². The van der Waals surface area contributed by atoms with Gasteiger partial charge in [0.2, 0.25) is 5.91 Å². The first-order valence-corrected chi connectivity index (χ1v) is 11.6. The molecule has 1 aromatic heterocycles. The van der Waals surface area contributed by atoms with Gasteiger partial charge in [0.25, 0.3) is 5.91 Å². The molecule has 2 heterocycles. The van der Waals surface area contributed by atoms with Gasteiger partial charge in [0.05, 0.1) is 11.3 Å². The number of Topliss-reactive ketones (excluding diaryl/α,β-unsaturated/α-hetero) is 1. The Labute approximate surface area is 205 Å². The van der Waals surface area contributed by atoms with Gasteiger partial charge in [0, 0.05) is 43.7 Å². The predicted octanol–water partition coefficient (Wildman–Crippen LogP) is 4.13. The minimum absolute atomic E-state index is 0.00896. The van der Waals surface area contributed by atoms with Gasteiger partial charge in [-0.05, 0) is 25.0 Å². The lowest BCUT2D eigenvalue weighted by atomic mass is 9.97. The number of ketones is 1. The minimum Gasteiger partial charge on any atom is -0.352 e. The number of para-hydroxylation sites is 1. The fraction of sp³-hybridized carbons (Fsp3) is 0.308. The van der Waals surface area contributed by atoms with E-state index in [0.717, 1.165) is 10.9 Å². The summed E-state index contributed by atoms with van der Waals surface area (Å²) in [4.78, 5) is 39.3. The molecule has 1 unspecified atom stereocenters. The molecule has 36 heavy (non-hydrogen) atoms. The molecule has 0 bridgehead atoms. The van der Waals surface area contributed by atoms with E-state index in [1.54, 1.807) is 59.5 Å². The third kappa shape index (κ3) is 5.81. The zero-order valence-electron chi connectivity index (χ0n) is 19.4. The molecule has 2 amide bonds. The van der Waals surface area contributed by atoms with E-state index in [9.17, 15) is 27.6 Å². The van der Waals surface area contributed by atoms with Crippen LogP contribution in [0.4, 0.5) is 13.2 Å². The van der Waals surface area contributed by atoms with Gasteiger partial charge in [-0.25, -0.2) is 4.68 Å². The number of nitrogens with zero attached hydrogens (tertiary/aromatic N) is 3. The van der Waals surface area contributed by atoms with Crippen LogP contribution in [0, 0.1) is 5.92 Å². The molecule has 0 saturated carbocycles. The Kier molecular flexibility index (Phi) is 7.52. The van der Waals surface area contributed by atoms with Gasteiger partial charge in [-0.3, -0.25) is 14.4 Å². The molecule has 1 aliphatic heterocycles. The highest BCUT2D eigenvalue weighted by Gasteiger charge is 2.39. The van der Waals surface area contributed by atoms with Crippen molar-refractivity contribution in [2.24, 2.45) is 5.92 Å². The van der Waals surface area contributed by atoms with Gasteiger partial charge in [-0.2, -0.15) is 18.3 Å². The lowest BCUT2D eigenvalue weighted by molar-refractivity contribution is -0.141. The van der Waals surface area contributed by atoms with Crippen LogP contribution in [0.5, 0.6) is 0 Å². The maximum absolute atomic E-state index is 13.5. The quantitative estimate of drug-likeness (QED) is 0.374. The Hall–Kier alpha value is -3.95. The van der Waals surface area contributed by atoms with E-state index in [1.807, 2.05) is 6.07 Å². The predicted molar refractivity (Wildman–Crippen MR) is 126 cm³/mol. The minimum atomic E-state index is -4.80. The number of hydrogen-bond acceptors (Lipinski definition) is 4. The molecule has 0 aliphatic carbocycles. The first kappa shape index (κ1) is 25.2. The molecular formula is C26H25F3N4O3. The summed E-state index contributed by atoms with van der Waals surface area (Å²) in [5.41, 5.74) is -0.846. The third-order valence-electron chi connectivity index (χ3n) is 6.07. The summed E-state index contributed by atoms with van der Waals surface area (Å²) in [6.07, 6.45) is -2.80. The van der Waals surface area contributed by atoms with Crippen LogP contribution in [-0.4, -0.2) is 51.9 Å². The first-order chi connectivity index (χ1) is 17.2. The molecule has 1 fully saturated rings. The van der Waals surface area contributed by atoms with E-state index in [2.05, 4.69) is 10.4 Å². The monoisotopic (exact) mass is 498 g/mol. The topological polar surface area (TPSA) is 84.3 Å². The van der Waals surface area contributed by atoms with Crippen molar-refractivity contribution in [1.29, 1.82) is 0 Å². The Morgan fingerprint density at radius 1 is 1.00 bits per heavy atom. The molecule has 1 saturated heterocycles. The third-order valence-corrected chi connectivity index (χ3v) is 6.07. The summed E-state index contributed by atoms with van der Waals surface area (Å²) in [7, 11) is 0. The number of alkyl halides is 3. The SMILES string of the molecule is O=C(NCCCC(=O)N1CCC(C(=O)c2ccccc2)C1)c1cn(-c2ccccc2)nc1C(F)(F)F. The van der Waals surface area contributed by atoms with E-state index in [1.165, 1.54) is 0 Å². The first-order valence-electron chi connectivity index (χ1n) is 11.6. The summed E-state index contributed by atoms with van der Waals surface area (Å²) in [5, 5.41) is 6.02. The summed E-state index contributed by atoms with van der Waals surface area (Å²) >= 11 is 0. The number of likely N-dealkylation sites (tertiary alicyclic amines) is 1. The maximum atomic E-state index is 13.5. The summed E-state index contributed by atoms with van der Waals surface area (Å²) < 4.78 is 41.4. The van der Waals surface area contributed by atoms with Crippen molar-refractivity contribution in [1.82, 2.24) is 20.0 Å². The standard InChI is InChI=1S/C26H25F3N4O3/c27-26(28,29)24-21(17-33(31-24)20-10-5-2-6-11-20)25(36)30-14-7-12-22(34)32-15-13-19(16-32)23(35)18-8-3-1-4-9-18/h1-6,8-11,17,19H,7,12-16H2,(H,30,36). The number of halogens is 3. The highest BCUT2D eigenvalue weighted by molar-refractivity contribution is 5.98. The Bertz CT molecular complexity index is 1230. The molecule has 1 N–H and O–H groups in total. The second kappa shape index (κ2) is 10.8. The fourth-order valence-electron chi connectivity index (χ4n) is 4.20. The van der Waals surface area contributed by atoms with E-state index in [0.29, 0.717) is 30.8 Å². The molecule has 0 radical (unpaired) electrons. The van der Waals surface area contributed by atoms with Crippen molar-refractivity contribution in [3.05, 3.63) is 83.7 Å². The van der Waals surface area contributed by atoms with Crippen LogP contribution in [0.15, 0.2) is 66.9 Å². The Morgan fingerprint density at radius 2 is 1.67 bits per heavy atom. The second-order valence-corrected chi connectivity index (χ2v) is 8.58. The Morgan fingerprint density at radius 3 is 2.33 bits per heavy atom. The van der Waals surface area contributed by atoms with Crippen LogP contribution in [0.1, 0.15) is 45.7 Å². The molecule has 2 aromatic carbocycles. The highest BCUT2D eigenvalue weighted by Crippen LogP contribution is 2.31. The van der Waals surface area contributed by atoms with Crippen molar-refractivity contribution in [3.8, 4) is 5.69 Å². The van der Waals surface area contributed by atoms with Crippen LogP contribution in [0.3, 0.4) is 0 Å². The molecule has 3 aromatic rings. The van der Waals surface area contributed by atoms with Crippen LogP contribution in [-0.2, 0) is 11.0 Å². The van der Waals surface area contributed by atoms with E-state index < -0.39 is 23.3 Å².